The standard InChI is InChI=1S/C21H29NO6S/c1-13(2)16-11-20(14(3)8-17(16)25-4)29(23,24)22-12-15-9-18(26-5)21(28-7)19(10-15)27-6/h8-11,13,22H,12H2,1-7H3. The molecule has 0 amide bonds. The van der Waals surface area contributed by atoms with Crippen molar-refractivity contribution < 1.29 is 27.4 Å². The normalized spacial score (nSPS) is 11.4. The number of hydrogen-bond acceptors (Lipinski definition) is 6. The fourth-order valence-corrected chi connectivity index (χ4v) is 4.37. The summed E-state index contributed by atoms with van der Waals surface area (Å²) in [6.07, 6.45) is 0. The molecule has 0 aliphatic carbocycles. The van der Waals surface area contributed by atoms with Crippen LogP contribution < -0.4 is 23.7 Å². The van der Waals surface area contributed by atoms with Gasteiger partial charge in [-0.25, -0.2) is 13.1 Å². The Labute approximate surface area is 173 Å². The molecule has 0 unspecified atom stereocenters. The minimum absolute atomic E-state index is 0.0710. The number of ether oxygens (including phenoxy) is 4. The number of rotatable bonds is 9. The van der Waals surface area contributed by atoms with Gasteiger partial charge in [-0.3, -0.25) is 0 Å². The molecule has 0 aliphatic heterocycles. The van der Waals surface area contributed by atoms with E-state index in [9.17, 15) is 8.42 Å². The fourth-order valence-electron chi connectivity index (χ4n) is 3.09. The summed E-state index contributed by atoms with van der Waals surface area (Å²) in [5.41, 5.74) is 2.13. The molecule has 0 bridgehead atoms. The van der Waals surface area contributed by atoms with Crippen LogP contribution in [-0.4, -0.2) is 36.9 Å². The van der Waals surface area contributed by atoms with Gasteiger partial charge in [-0.15, -0.1) is 0 Å². The first kappa shape index (κ1) is 22.8. The maximum Gasteiger partial charge on any atom is 0.241 e. The lowest BCUT2D eigenvalue weighted by atomic mass is 10.0. The smallest absolute Gasteiger partial charge is 0.241 e. The third-order valence-corrected chi connectivity index (χ3v) is 6.17. The molecule has 2 aromatic rings. The van der Waals surface area contributed by atoms with Crippen LogP contribution in [0.2, 0.25) is 0 Å². The second-order valence-corrected chi connectivity index (χ2v) is 8.61. The van der Waals surface area contributed by atoms with E-state index in [2.05, 4.69) is 4.72 Å². The van der Waals surface area contributed by atoms with Gasteiger partial charge in [-0.1, -0.05) is 13.8 Å². The summed E-state index contributed by atoms with van der Waals surface area (Å²) in [7, 11) is 2.38. The van der Waals surface area contributed by atoms with E-state index in [0.29, 0.717) is 34.1 Å². The molecule has 0 atom stereocenters. The Morgan fingerprint density at radius 2 is 1.41 bits per heavy atom. The minimum Gasteiger partial charge on any atom is -0.496 e. The van der Waals surface area contributed by atoms with Gasteiger partial charge in [0.25, 0.3) is 0 Å². The van der Waals surface area contributed by atoms with Crippen molar-refractivity contribution in [3.8, 4) is 23.0 Å². The van der Waals surface area contributed by atoms with Crippen molar-refractivity contribution in [1.29, 1.82) is 0 Å². The van der Waals surface area contributed by atoms with E-state index in [1.165, 1.54) is 21.3 Å². The molecule has 0 heterocycles. The predicted molar refractivity (Wildman–Crippen MR) is 112 cm³/mol. The Bertz CT molecular complexity index is 944. The summed E-state index contributed by atoms with van der Waals surface area (Å²) in [6.45, 7) is 5.81. The van der Waals surface area contributed by atoms with Crippen molar-refractivity contribution in [2.24, 2.45) is 0 Å². The number of methoxy groups -OCH3 is 4. The fraction of sp³-hybridized carbons (Fsp3) is 0.429. The number of nitrogens with one attached hydrogen (secondary N) is 1. The second kappa shape index (κ2) is 9.37. The van der Waals surface area contributed by atoms with Crippen LogP contribution in [0.4, 0.5) is 0 Å². The van der Waals surface area contributed by atoms with Crippen molar-refractivity contribution in [2.75, 3.05) is 28.4 Å². The largest absolute Gasteiger partial charge is 0.496 e. The summed E-state index contributed by atoms with van der Waals surface area (Å²) < 4.78 is 50.0. The molecule has 8 heteroatoms. The summed E-state index contributed by atoms with van der Waals surface area (Å²) in [5.74, 6) is 2.18. The van der Waals surface area contributed by atoms with Crippen molar-refractivity contribution in [1.82, 2.24) is 4.72 Å². The van der Waals surface area contributed by atoms with Gasteiger partial charge < -0.3 is 18.9 Å². The average Bonchev–Trinajstić information content (AvgIpc) is 2.70. The highest BCUT2D eigenvalue weighted by Gasteiger charge is 2.21. The molecular weight excluding hydrogens is 394 g/mol. The van der Waals surface area contributed by atoms with Gasteiger partial charge in [0.1, 0.15) is 5.75 Å². The van der Waals surface area contributed by atoms with Crippen LogP contribution in [0.25, 0.3) is 0 Å². The molecule has 2 rings (SSSR count). The zero-order valence-corrected chi connectivity index (χ0v) is 18.8. The molecule has 160 valence electrons. The molecule has 1 N–H and O–H groups in total. The SMILES string of the molecule is COc1cc(C)c(S(=O)(=O)NCc2cc(OC)c(OC)c(OC)c2)cc1C(C)C. The lowest BCUT2D eigenvalue weighted by molar-refractivity contribution is 0.323. The van der Waals surface area contributed by atoms with E-state index in [4.69, 9.17) is 18.9 Å². The van der Waals surface area contributed by atoms with Crippen molar-refractivity contribution in [3.63, 3.8) is 0 Å². The molecule has 2 aromatic carbocycles. The van der Waals surface area contributed by atoms with Crippen molar-refractivity contribution in [2.45, 2.75) is 38.1 Å². The van der Waals surface area contributed by atoms with E-state index in [1.54, 1.807) is 38.3 Å². The Hall–Kier alpha value is -2.45. The first-order valence-corrected chi connectivity index (χ1v) is 10.6. The molecule has 0 aliphatic rings. The van der Waals surface area contributed by atoms with Gasteiger partial charge in [-0.2, -0.15) is 0 Å². The van der Waals surface area contributed by atoms with Crippen LogP contribution >= 0.6 is 0 Å². The highest BCUT2D eigenvalue weighted by atomic mass is 32.2. The third kappa shape index (κ3) is 4.94. The van der Waals surface area contributed by atoms with Crippen molar-refractivity contribution >= 4 is 10.0 Å². The second-order valence-electron chi connectivity index (χ2n) is 6.87. The Kier molecular flexibility index (Phi) is 7.37. The van der Waals surface area contributed by atoms with E-state index >= 15 is 0 Å². The van der Waals surface area contributed by atoms with Crippen LogP contribution in [0.1, 0.15) is 36.5 Å². The van der Waals surface area contributed by atoms with E-state index < -0.39 is 10.0 Å². The van der Waals surface area contributed by atoms with Gasteiger partial charge in [-0.05, 0) is 53.8 Å². The van der Waals surface area contributed by atoms with Crippen molar-refractivity contribution in [3.05, 3.63) is 41.0 Å². The van der Waals surface area contributed by atoms with Gasteiger partial charge in [0.2, 0.25) is 15.8 Å². The van der Waals surface area contributed by atoms with Crippen LogP contribution in [0, 0.1) is 6.92 Å². The molecule has 29 heavy (non-hydrogen) atoms. The topological polar surface area (TPSA) is 83.1 Å². The minimum atomic E-state index is -3.74. The van der Waals surface area contributed by atoms with Crippen LogP contribution in [0.5, 0.6) is 23.0 Å². The monoisotopic (exact) mass is 423 g/mol. The third-order valence-electron chi connectivity index (χ3n) is 4.63. The first-order chi connectivity index (χ1) is 13.7. The lowest BCUT2D eigenvalue weighted by Gasteiger charge is -2.17. The molecular formula is C21H29NO6S. The van der Waals surface area contributed by atoms with Gasteiger partial charge in [0.15, 0.2) is 11.5 Å². The highest BCUT2D eigenvalue weighted by molar-refractivity contribution is 7.89. The maximum atomic E-state index is 13.0. The predicted octanol–water partition coefficient (Wildman–Crippen LogP) is 3.63. The Morgan fingerprint density at radius 1 is 0.862 bits per heavy atom. The van der Waals surface area contributed by atoms with Gasteiger partial charge >= 0.3 is 0 Å². The van der Waals surface area contributed by atoms with Crippen LogP contribution in [-0.2, 0) is 16.6 Å². The van der Waals surface area contributed by atoms with Crippen LogP contribution in [0.15, 0.2) is 29.2 Å². The summed E-state index contributed by atoms with van der Waals surface area (Å²) in [5, 5.41) is 0. The average molecular weight is 424 g/mol. The van der Waals surface area contributed by atoms with E-state index in [-0.39, 0.29) is 17.4 Å². The summed E-state index contributed by atoms with van der Waals surface area (Å²) in [4.78, 5) is 0.231. The van der Waals surface area contributed by atoms with E-state index in [0.717, 1.165) is 5.56 Å². The summed E-state index contributed by atoms with van der Waals surface area (Å²) in [6, 6.07) is 6.86. The molecule has 7 nitrogen and oxygen atoms in total. The maximum absolute atomic E-state index is 13.0. The number of aryl methyl sites for hydroxylation is 1. The molecule has 0 aromatic heterocycles. The zero-order valence-electron chi connectivity index (χ0n) is 18.0. The molecule has 0 fully saturated rings. The summed E-state index contributed by atoms with van der Waals surface area (Å²) >= 11 is 0. The Morgan fingerprint density at radius 3 is 1.86 bits per heavy atom. The lowest BCUT2D eigenvalue weighted by Crippen LogP contribution is -2.24. The molecule has 0 saturated heterocycles. The molecule has 0 saturated carbocycles. The zero-order chi connectivity index (χ0) is 21.8. The number of benzene rings is 2. The number of hydrogen-bond donors (Lipinski definition) is 1. The highest BCUT2D eigenvalue weighted by Crippen LogP contribution is 2.38. The van der Waals surface area contributed by atoms with E-state index in [1.807, 2.05) is 13.8 Å². The van der Waals surface area contributed by atoms with Gasteiger partial charge in [0, 0.05) is 6.54 Å². The first-order valence-electron chi connectivity index (χ1n) is 9.15. The van der Waals surface area contributed by atoms with Crippen LogP contribution in [0.3, 0.4) is 0 Å². The number of sulfonamides is 1. The quantitative estimate of drug-likeness (QED) is 0.663. The molecule has 0 radical (unpaired) electrons. The van der Waals surface area contributed by atoms with Gasteiger partial charge in [0.05, 0.1) is 33.3 Å². The Balaban J connectivity index is 2.37. The molecule has 0 spiro atoms.